The van der Waals surface area contributed by atoms with Crippen LogP contribution in [0.4, 0.5) is 16.2 Å². The molecule has 3 aromatic carbocycles. The number of nitrogens with one attached hydrogen (secondary N) is 2. The number of fused-ring (bicyclic) bond motifs is 1. The largest absolute Gasteiger partial charge is 0.494 e. The van der Waals surface area contributed by atoms with Crippen LogP contribution in [0, 0.1) is 0 Å². The van der Waals surface area contributed by atoms with Crippen molar-refractivity contribution in [3.63, 3.8) is 0 Å². The van der Waals surface area contributed by atoms with E-state index < -0.39 is 6.03 Å². The first-order valence-corrected chi connectivity index (χ1v) is 18.2. The number of rotatable bonds is 14. The number of urea groups is 1. The summed E-state index contributed by atoms with van der Waals surface area (Å²) >= 11 is 0. The second kappa shape index (κ2) is 17.0. The number of para-hydroxylation sites is 1. The number of hydrogen-bond acceptors (Lipinski definition) is 5. The number of amides is 2. The molecule has 0 aliphatic rings. The Balaban J connectivity index is 1.37. The molecule has 52 heavy (non-hydrogen) atoms. The number of ether oxygens (including phenoxy) is 1. The van der Waals surface area contributed by atoms with Gasteiger partial charge in [0, 0.05) is 41.8 Å². The minimum Gasteiger partial charge on any atom is -0.494 e. The van der Waals surface area contributed by atoms with E-state index in [1.807, 2.05) is 84.9 Å². The highest BCUT2D eigenvalue weighted by atomic mass is 16.5. The zero-order valence-corrected chi connectivity index (χ0v) is 30.4. The van der Waals surface area contributed by atoms with Crippen LogP contribution >= 0.6 is 0 Å². The number of aromatic nitrogens is 3. The number of aryl methyl sites for hydroxylation is 3. The lowest BCUT2D eigenvalue weighted by atomic mass is 9.93. The molecule has 0 unspecified atom stereocenters. The Morgan fingerprint density at radius 1 is 0.731 bits per heavy atom. The Labute approximate surface area is 305 Å². The van der Waals surface area contributed by atoms with Crippen molar-refractivity contribution in [3.8, 4) is 16.9 Å². The highest BCUT2D eigenvalue weighted by molar-refractivity contribution is 6.07. The van der Waals surface area contributed by atoms with Crippen LogP contribution in [0.2, 0.25) is 0 Å². The summed E-state index contributed by atoms with van der Waals surface area (Å²) in [6.45, 7) is 9.40. The maximum absolute atomic E-state index is 14.6. The van der Waals surface area contributed by atoms with Crippen LogP contribution in [0.3, 0.4) is 0 Å². The van der Waals surface area contributed by atoms with Crippen molar-refractivity contribution < 1.29 is 9.53 Å². The van der Waals surface area contributed by atoms with Gasteiger partial charge in [0.25, 0.3) is 5.56 Å². The molecule has 8 heteroatoms. The van der Waals surface area contributed by atoms with Crippen LogP contribution in [0.1, 0.15) is 74.6 Å². The van der Waals surface area contributed by atoms with E-state index in [9.17, 15) is 9.59 Å². The van der Waals surface area contributed by atoms with Crippen molar-refractivity contribution in [3.05, 3.63) is 148 Å². The van der Waals surface area contributed by atoms with Gasteiger partial charge in [0.15, 0.2) is 0 Å². The third kappa shape index (κ3) is 8.57. The summed E-state index contributed by atoms with van der Waals surface area (Å²) in [5.74, 6) is 1.05. The zero-order valence-electron chi connectivity index (χ0n) is 30.4. The van der Waals surface area contributed by atoms with Gasteiger partial charge in [-0.2, -0.15) is 0 Å². The molecule has 266 valence electrons. The summed E-state index contributed by atoms with van der Waals surface area (Å²) in [7, 11) is 0. The summed E-state index contributed by atoms with van der Waals surface area (Å²) in [5, 5.41) is 6.94. The maximum Gasteiger partial charge on any atom is 0.323 e. The number of carbonyl (C=O) groups is 1. The van der Waals surface area contributed by atoms with Crippen LogP contribution in [0.15, 0.2) is 120 Å². The molecular formula is C44H47N5O3. The summed E-state index contributed by atoms with van der Waals surface area (Å²) < 4.78 is 7.90. The van der Waals surface area contributed by atoms with Crippen LogP contribution < -0.4 is 20.9 Å². The number of nitrogens with zero attached hydrogens (tertiary/aromatic N) is 3. The third-order valence-corrected chi connectivity index (χ3v) is 9.31. The van der Waals surface area contributed by atoms with Gasteiger partial charge in [-0.05, 0) is 102 Å². The fraction of sp³-hybridized carbons (Fsp3) is 0.273. The van der Waals surface area contributed by atoms with E-state index in [1.165, 1.54) is 11.1 Å². The Kier molecular flexibility index (Phi) is 11.8. The van der Waals surface area contributed by atoms with E-state index in [-0.39, 0.29) is 23.1 Å². The van der Waals surface area contributed by atoms with Crippen LogP contribution in [0.5, 0.6) is 5.75 Å². The Morgan fingerprint density at radius 3 is 2.13 bits per heavy atom. The summed E-state index contributed by atoms with van der Waals surface area (Å²) in [4.78, 5) is 37.5. The van der Waals surface area contributed by atoms with Gasteiger partial charge >= 0.3 is 6.03 Å². The molecular weight excluding hydrogens is 647 g/mol. The Hall–Kier alpha value is -5.76. The molecule has 0 fully saturated rings. The second-order valence-electron chi connectivity index (χ2n) is 13.7. The van der Waals surface area contributed by atoms with E-state index in [4.69, 9.17) is 9.72 Å². The summed E-state index contributed by atoms with van der Waals surface area (Å²) in [6.07, 6.45) is 8.55. The standard InChI is InChI=1S/C44H47N5O3/c1-30(2)36-19-9-20-37(31(3)4)40(36)47-44(51)48-41-39(34-17-8-18-35(29-34)52-28-12-16-33-22-25-45-26-23-33)38-21-10-24-46-42(38)49(43(41)50)27-11-15-32-13-6-5-7-14-32/h5-10,13-14,17-26,29-31H,11-12,15-16,27-28H2,1-4H3,(H2,47,48,51). The van der Waals surface area contributed by atoms with E-state index in [1.54, 1.807) is 23.2 Å². The lowest BCUT2D eigenvalue weighted by Crippen LogP contribution is -2.30. The predicted octanol–water partition coefficient (Wildman–Crippen LogP) is 9.99. The topological polar surface area (TPSA) is 98.1 Å². The maximum atomic E-state index is 14.6. The van der Waals surface area contributed by atoms with Gasteiger partial charge in [-0.1, -0.05) is 88.4 Å². The van der Waals surface area contributed by atoms with E-state index >= 15 is 0 Å². The number of anilines is 2. The van der Waals surface area contributed by atoms with Crippen molar-refractivity contribution in [1.82, 2.24) is 14.5 Å². The number of carbonyl (C=O) groups excluding carboxylic acids is 1. The van der Waals surface area contributed by atoms with Crippen molar-refractivity contribution >= 4 is 28.4 Å². The van der Waals surface area contributed by atoms with E-state index in [2.05, 4.69) is 55.4 Å². The van der Waals surface area contributed by atoms with Crippen molar-refractivity contribution in [2.45, 2.75) is 71.8 Å². The minimum absolute atomic E-state index is 0.186. The molecule has 0 aliphatic carbocycles. The molecule has 6 rings (SSSR count). The first-order valence-electron chi connectivity index (χ1n) is 18.2. The van der Waals surface area contributed by atoms with E-state index in [0.29, 0.717) is 30.1 Å². The van der Waals surface area contributed by atoms with Crippen molar-refractivity contribution in [2.75, 3.05) is 17.2 Å². The Morgan fingerprint density at radius 2 is 1.40 bits per heavy atom. The Bertz CT molecular complexity index is 2150. The average Bonchev–Trinajstić information content (AvgIpc) is 3.15. The molecule has 6 aromatic rings. The molecule has 0 radical (unpaired) electrons. The smallest absolute Gasteiger partial charge is 0.323 e. The highest BCUT2D eigenvalue weighted by Gasteiger charge is 2.23. The van der Waals surface area contributed by atoms with Gasteiger partial charge in [-0.3, -0.25) is 14.3 Å². The number of hydrogen-bond donors (Lipinski definition) is 2. The predicted molar refractivity (Wildman–Crippen MR) is 212 cm³/mol. The van der Waals surface area contributed by atoms with Crippen molar-refractivity contribution in [2.24, 2.45) is 0 Å². The lowest BCUT2D eigenvalue weighted by molar-refractivity contribution is 0.262. The molecule has 0 atom stereocenters. The van der Waals surface area contributed by atoms with Gasteiger partial charge in [0.05, 0.1) is 6.61 Å². The molecule has 2 N–H and O–H groups in total. The molecule has 0 spiro atoms. The van der Waals surface area contributed by atoms with Crippen molar-refractivity contribution in [1.29, 1.82) is 0 Å². The molecule has 2 amide bonds. The van der Waals surface area contributed by atoms with Gasteiger partial charge < -0.3 is 15.4 Å². The number of benzene rings is 3. The van der Waals surface area contributed by atoms with Crippen LogP contribution in [0.25, 0.3) is 22.2 Å². The summed E-state index contributed by atoms with van der Waals surface area (Å²) in [5.41, 5.74) is 7.07. The first kappa shape index (κ1) is 36.0. The first-order chi connectivity index (χ1) is 25.3. The molecule has 0 bridgehead atoms. The SMILES string of the molecule is CC(C)c1cccc(C(C)C)c1NC(=O)Nc1c(-c2cccc(OCCCc3ccncc3)c2)c2cccnc2n(CCCc2ccccc2)c1=O. The monoisotopic (exact) mass is 693 g/mol. The fourth-order valence-electron chi connectivity index (χ4n) is 6.70. The molecule has 0 saturated heterocycles. The average molecular weight is 694 g/mol. The van der Waals surface area contributed by atoms with Crippen LogP contribution in [-0.2, 0) is 19.4 Å². The van der Waals surface area contributed by atoms with E-state index in [0.717, 1.165) is 53.4 Å². The fourth-order valence-corrected chi connectivity index (χ4v) is 6.70. The quantitative estimate of drug-likeness (QED) is 0.111. The zero-order chi connectivity index (χ0) is 36.5. The summed E-state index contributed by atoms with van der Waals surface area (Å²) in [6, 6.07) is 31.4. The highest BCUT2D eigenvalue weighted by Crippen LogP contribution is 2.36. The van der Waals surface area contributed by atoms with Gasteiger partial charge in [0.1, 0.15) is 17.1 Å². The molecule has 3 aromatic heterocycles. The van der Waals surface area contributed by atoms with Gasteiger partial charge in [0.2, 0.25) is 0 Å². The third-order valence-electron chi connectivity index (χ3n) is 9.31. The van der Waals surface area contributed by atoms with Crippen LogP contribution in [-0.4, -0.2) is 27.2 Å². The molecule has 3 heterocycles. The second-order valence-corrected chi connectivity index (χ2v) is 13.7. The number of pyridine rings is 3. The van der Waals surface area contributed by atoms with Gasteiger partial charge in [-0.25, -0.2) is 9.78 Å². The molecule has 8 nitrogen and oxygen atoms in total. The minimum atomic E-state index is -0.476. The molecule has 0 saturated carbocycles. The molecule has 0 aliphatic heterocycles. The lowest BCUT2D eigenvalue weighted by Gasteiger charge is -2.22. The normalized spacial score (nSPS) is 11.3. The van der Waals surface area contributed by atoms with Gasteiger partial charge in [-0.15, -0.1) is 0 Å².